The van der Waals surface area contributed by atoms with Crippen LogP contribution in [0.25, 0.3) is 11.3 Å². The summed E-state index contributed by atoms with van der Waals surface area (Å²) in [7, 11) is -3.25. The van der Waals surface area contributed by atoms with Gasteiger partial charge in [-0.15, -0.1) is 0 Å². The molecule has 2 aromatic carbocycles. The van der Waals surface area contributed by atoms with Crippen molar-refractivity contribution in [3.05, 3.63) is 77.3 Å². The van der Waals surface area contributed by atoms with E-state index in [9.17, 15) is 17.6 Å². The fraction of sp³-hybridized carbons (Fsp3) is 0.261. The Morgan fingerprint density at radius 3 is 2.71 bits per heavy atom. The van der Waals surface area contributed by atoms with Crippen LogP contribution in [0.1, 0.15) is 23.3 Å². The first-order chi connectivity index (χ1) is 14.8. The summed E-state index contributed by atoms with van der Waals surface area (Å²) in [5, 5.41) is 2.93. The van der Waals surface area contributed by atoms with Crippen LogP contribution >= 0.6 is 0 Å². The number of aryl methyl sites for hydroxylation is 1. The van der Waals surface area contributed by atoms with E-state index < -0.39 is 10.0 Å². The van der Waals surface area contributed by atoms with E-state index in [0.29, 0.717) is 48.7 Å². The molecular weight excluding hydrogens is 419 g/mol. The summed E-state index contributed by atoms with van der Waals surface area (Å²) in [5.41, 5.74) is 2.96. The Labute approximate surface area is 180 Å². The molecule has 0 spiro atoms. The number of hydrogen-bond acceptors (Lipinski definition) is 4. The van der Waals surface area contributed by atoms with Gasteiger partial charge >= 0.3 is 0 Å². The molecule has 4 rings (SSSR count). The number of carbonyl (C=O) groups excluding carboxylic acids is 1. The number of amides is 1. The van der Waals surface area contributed by atoms with E-state index in [4.69, 9.17) is 4.42 Å². The van der Waals surface area contributed by atoms with Crippen LogP contribution in [0.3, 0.4) is 0 Å². The van der Waals surface area contributed by atoms with Crippen LogP contribution in [0, 0.1) is 5.82 Å². The fourth-order valence-electron chi connectivity index (χ4n) is 3.75. The largest absolute Gasteiger partial charge is 0.461 e. The van der Waals surface area contributed by atoms with Gasteiger partial charge in [-0.2, -0.15) is 4.31 Å². The van der Waals surface area contributed by atoms with Crippen molar-refractivity contribution in [3.63, 3.8) is 0 Å². The lowest BCUT2D eigenvalue weighted by Crippen LogP contribution is -2.35. The molecular formula is C23H23FN2O4S. The normalized spacial score (nSPS) is 14.3. The molecule has 2 heterocycles. The van der Waals surface area contributed by atoms with Crippen molar-refractivity contribution >= 4 is 21.6 Å². The van der Waals surface area contributed by atoms with Gasteiger partial charge in [-0.05, 0) is 47.9 Å². The van der Waals surface area contributed by atoms with Crippen molar-refractivity contribution in [2.45, 2.75) is 25.8 Å². The van der Waals surface area contributed by atoms with Crippen molar-refractivity contribution in [1.82, 2.24) is 4.31 Å². The van der Waals surface area contributed by atoms with Crippen molar-refractivity contribution in [2.75, 3.05) is 18.1 Å². The molecule has 1 aliphatic heterocycles. The van der Waals surface area contributed by atoms with Crippen LogP contribution in [0.15, 0.2) is 59.0 Å². The van der Waals surface area contributed by atoms with E-state index >= 15 is 0 Å². The number of rotatable bonds is 6. The number of anilines is 1. The highest BCUT2D eigenvalue weighted by atomic mass is 32.2. The van der Waals surface area contributed by atoms with E-state index in [1.165, 1.54) is 16.6 Å². The fourth-order valence-corrected chi connectivity index (χ4v) is 4.55. The molecule has 162 valence electrons. The topological polar surface area (TPSA) is 79.6 Å². The average molecular weight is 443 g/mol. The lowest BCUT2D eigenvalue weighted by atomic mass is 9.99. The summed E-state index contributed by atoms with van der Waals surface area (Å²) in [4.78, 5) is 12.5. The lowest BCUT2D eigenvalue weighted by Gasteiger charge is -2.28. The highest BCUT2D eigenvalue weighted by Gasteiger charge is 2.25. The maximum atomic E-state index is 13.9. The quantitative estimate of drug-likeness (QED) is 0.626. The molecule has 1 aliphatic rings. The molecule has 0 bridgehead atoms. The van der Waals surface area contributed by atoms with E-state index in [-0.39, 0.29) is 18.1 Å². The Hall–Kier alpha value is -2.97. The van der Waals surface area contributed by atoms with Crippen LogP contribution in [-0.2, 0) is 34.2 Å². The minimum absolute atomic E-state index is 0.164. The Bertz CT molecular complexity index is 1220. The van der Waals surface area contributed by atoms with Gasteiger partial charge in [-0.1, -0.05) is 24.3 Å². The van der Waals surface area contributed by atoms with Crippen molar-refractivity contribution in [3.8, 4) is 11.3 Å². The van der Waals surface area contributed by atoms with Crippen LogP contribution < -0.4 is 5.32 Å². The van der Waals surface area contributed by atoms with Crippen molar-refractivity contribution < 1.29 is 22.0 Å². The van der Waals surface area contributed by atoms with E-state index in [2.05, 4.69) is 5.32 Å². The van der Waals surface area contributed by atoms with Gasteiger partial charge in [-0.25, -0.2) is 12.8 Å². The third-order valence-corrected chi connectivity index (χ3v) is 6.62. The first kappa shape index (κ1) is 21.3. The summed E-state index contributed by atoms with van der Waals surface area (Å²) < 4.78 is 44.7. The maximum absolute atomic E-state index is 13.9. The number of hydrogen-bond donors (Lipinski definition) is 1. The number of sulfonamides is 1. The molecule has 0 unspecified atom stereocenters. The molecule has 6 nitrogen and oxygen atoms in total. The monoisotopic (exact) mass is 442 g/mol. The summed E-state index contributed by atoms with van der Waals surface area (Å²) in [5.74, 6) is 0.514. The summed E-state index contributed by atoms with van der Waals surface area (Å²) >= 11 is 0. The first-order valence-corrected chi connectivity index (χ1v) is 11.9. The number of fused-ring (bicyclic) bond motifs is 1. The Kier molecular flexibility index (Phi) is 5.93. The molecule has 0 fully saturated rings. The molecule has 1 amide bonds. The minimum Gasteiger partial charge on any atom is -0.461 e. The van der Waals surface area contributed by atoms with Gasteiger partial charge < -0.3 is 9.73 Å². The predicted molar refractivity (Wildman–Crippen MR) is 116 cm³/mol. The average Bonchev–Trinajstić information content (AvgIpc) is 3.20. The lowest BCUT2D eigenvalue weighted by molar-refractivity contribution is -0.116. The zero-order valence-electron chi connectivity index (χ0n) is 17.1. The van der Waals surface area contributed by atoms with Crippen LogP contribution in [0.4, 0.5) is 10.1 Å². The SMILES string of the molecule is CS(=O)(=O)N1CCc2c(cccc2NC(=O)CCc2ccc(-c3ccccc3F)o2)C1. The third-order valence-electron chi connectivity index (χ3n) is 5.37. The maximum Gasteiger partial charge on any atom is 0.224 e. The molecule has 0 atom stereocenters. The molecule has 1 aromatic heterocycles. The standard InChI is InChI=1S/C23H23FN2O4S/c1-31(28,29)26-14-13-18-16(15-26)5-4-8-21(18)25-23(27)12-10-17-9-11-22(30-17)19-6-2-3-7-20(19)24/h2-9,11H,10,12-15H2,1H3,(H,25,27). The van der Waals surface area contributed by atoms with E-state index in [0.717, 1.165) is 11.1 Å². The highest BCUT2D eigenvalue weighted by Crippen LogP contribution is 2.28. The summed E-state index contributed by atoms with van der Waals surface area (Å²) in [6, 6.07) is 15.4. The predicted octanol–water partition coefficient (Wildman–Crippen LogP) is 3.97. The second kappa shape index (κ2) is 8.64. The summed E-state index contributed by atoms with van der Waals surface area (Å²) in [6.07, 6.45) is 2.35. The zero-order valence-corrected chi connectivity index (χ0v) is 17.9. The Morgan fingerprint density at radius 1 is 1.13 bits per heavy atom. The molecule has 0 saturated heterocycles. The number of nitrogens with one attached hydrogen (secondary N) is 1. The first-order valence-electron chi connectivity index (χ1n) is 10.0. The van der Waals surface area contributed by atoms with Crippen LogP contribution in [-0.4, -0.2) is 31.4 Å². The number of nitrogens with zero attached hydrogens (tertiary/aromatic N) is 1. The number of halogens is 1. The zero-order chi connectivity index (χ0) is 22.0. The molecule has 0 aliphatic carbocycles. The van der Waals surface area contributed by atoms with Gasteiger partial charge in [0.2, 0.25) is 15.9 Å². The molecule has 3 aromatic rings. The number of carbonyl (C=O) groups is 1. The molecule has 31 heavy (non-hydrogen) atoms. The number of benzene rings is 2. The van der Waals surface area contributed by atoms with E-state index in [1.807, 2.05) is 18.2 Å². The third kappa shape index (κ3) is 4.86. The summed E-state index contributed by atoms with van der Waals surface area (Å²) in [6.45, 7) is 0.701. The van der Waals surface area contributed by atoms with Gasteiger partial charge in [0.05, 0.1) is 11.8 Å². The van der Waals surface area contributed by atoms with Gasteiger partial charge in [0.25, 0.3) is 0 Å². The van der Waals surface area contributed by atoms with E-state index in [1.54, 1.807) is 30.3 Å². The second-order valence-electron chi connectivity index (χ2n) is 7.58. The van der Waals surface area contributed by atoms with Crippen molar-refractivity contribution in [2.24, 2.45) is 0 Å². The Balaban J connectivity index is 1.39. The van der Waals surface area contributed by atoms with Gasteiger partial charge in [-0.3, -0.25) is 4.79 Å². The smallest absolute Gasteiger partial charge is 0.224 e. The van der Waals surface area contributed by atoms with Crippen molar-refractivity contribution in [1.29, 1.82) is 0 Å². The van der Waals surface area contributed by atoms with Crippen LogP contribution in [0.5, 0.6) is 0 Å². The van der Waals surface area contributed by atoms with Gasteiger partial charge in [0, 0.05) is 31.6 Å². The van der Waals surface area contributed by atoms with Crippen LogP contribution in [0.2, 0.25) is 0 Å². The van der Waals surface area contributed by atoms with Gasteiger partial charge in [0.1, 0.15) is 17.3 Å². The molecule has 0 radical (unpaired) electrons. The highest BCUT2D eigenvalue weighted by molar-refractivity contribution is 7.88. The minimum atomic E-state index is -3.25. The van der Waals surface area contributed by atoms with Gasteiger partial charge in [0.15, 0.2) is 0 Å². The Morgan fingerprint density at radius 2 is 1.94 bits per heavy atom. The second-order valence-corrected chi connectivity index (χ2v) is 9.57. The number of furan rings is 1. The molecule has 1 N–H and O–H groups in total. The molecule has 0 saturated carbocycles. The molecule has 8 heteroatoms.